The maximum Gasteiger partial charge on any atom is 0.338 e. The molecule has 114 valence electrons. The summed E-state index contributed by atoms with van der Waals surface area (Å²) in [6.07, 6.45) is 0. The molecule has 0 radical (unpaired) electrons. The number of anilines is 1. The van der Waals surface area contributed by atoms with Crippen LogP contribution in [0.5, 0.6) is 0 Å². The molecule has 1 rings (SSSR count). The predicted octanol–water partition coefficient (Wildman–Crippen LogP) is 1.94. The van der Waals surface area contributed by atoms with E-state index in [-0.39, 0.29) is 19.1 Å². The number of benzene rings is 1. The van der Waals surface area contributed by atoms with E-state index in [4.69, 9.17) is 9.84 Å². The van der Waals surface area contributed by atoms with Gasteiger partial charge in [0.25, 0.3) is 0 Å². The van der Waals surface area contributed by atoms with Gasteiger partial charge in [-0.3, -0.25) is 9.59 Å². The van der Waals surface area contributed by atoms with Gasteiger partial charge in [0.1, 0.15) is 0 Å². The molecule has 0 saturated heterocycles. The van der Waals surface area contributed by atoms with E-state index in [1.54, 1.807) is 31.2 Å². The van der Waals surface area contributed by atoms with Crippen LogP contribution in [0.25, 0.3) is 0 Å². The molecule has 1 atom stereocenters. The molecule has 1 amide bonds. The molecular formula is C15H19NO5. The number of hydrogen-bond donors (Lipinski definition) is 1. The van der Waals surface area contributed by atoms with Gasteiger partial charge >= 0.3 is 11.9 Å². The Bertz CT molecular complexity index is 523. The third-order valence-electron chi connectivity index (χ3n) is 2.95. The number of hydrogen-bond acceptors (Lipinski definition) is 4. The fourth-order valence-corrected chi connectivity index (χ4v) is 1.76. The molecule has 1 aromatic carbocycles. The number of amides is 1. The molecule has 1 aromatic rings. The Morgan fingerprint density at radius 1 is 1.24 bits per heavy atom. The lowest BCUT2D eigenvalue weighted by atomic mass is 10.1. The van der Waals surface area contributed by atoms with Gasteiger partial charge in [0.15, 0.2) is 0 Å². The first-order chi connectivity index (χ1) is 9.86. The van der Waals surface area contributed by atoms with E-state index in [9.17, 15) is 14.4 Å². The Balaban J connectivity index is 2.92. The van der Waals surface area contributed by atoms with Crippen LogP contribution in [-0.2, 0) is 14.3 Å². The monoisotopic (exact) mass is 293 g/mol. The van der Waals surface area contributed by atoms with Crippen LogP contribution >= 0.6 is 0 Å². The summed E-state index contributed by atoms with van der Waals surface area (Å²) in [7, 11) is 0. The number of ether oxygens (including phenoxy) is 1. The Hall–Kier alpha value is -2.37. The van der Waals surface area contributed by atoms with Crippen molar-refractivity contribution in [3.05, 3.63) is 29.8 Å². The number of carboxylic acids is 1. The van der Waals surface area contributed by atoms with E-state index in [0.29, 0.717) is 11.3 Å². The average molecular weight is 293 g/mol. The van der Waals surface area contributed by atoms with Gasteiger partial charge < -0.3 is 14.7 Å². The number of carboxylic acid groups (broad SMARTS) is 1. The molecule has 1 unspecified atom stereocenters. The molecule has 0 heterocycles. The normalized spacial score (nSPS) is 11.6. The second-order valence-electron chi connectivity index (χ2n) is 4.64. The van der Waals surface area contributed by atoms with E-state index in [0.717, 1.165) is 0 Å². The van der Waals surface area contributed by atoms with Gasteiger partial charge in [0, 0.05) is 19.2 Å². The Kier molecular flexibility index (Phi) is 5.90. The first-order valence-electron chi connectivity index (χ1n) is 6.64. The predicted molar refractivity (Wildman–Crippen MR) is 77.2 cm³/mol. The summed E-state index contributed by atoms with van der Waals surface area (Å²) in [5.41, 5.74) is 0.930. The minimum Gasteiger partial charge on any atom is -0.481 e. The lowest BCUT2D eigenvalue weighted by molar-refractivity contribution is -0.140. The van der Waals surface area contributed by atoms with Gasteiger partial charge in [-0.2, -0.15) is 0 Å². The van der Waals surface area contributed by atoms with Crippen molar-refractivity contribution >= 4 is 23.5 Å². The zero-order valence-electron chi connectivity index (χ0n) is 12.3. The highest BCUT2D eigenvalue weighted by atomic mass is 16.5. The lowest BCUT2D eigenvalue weighted by Crippen LogP contribution is -2.35. The number of aliphatic carboxylic acids is 1. The molecule has 0 aliphatic rings. The van der Waals surface area contributed by atoms with Crippen LogP contribution in [0.1, 0.15) is 31.1 Å². The van der Waals surface area contributed by atoms with Gasteiger partial charge in [0.05, 0.1) is 18.1 Å². The zero-order valence-corrected chi connectivity index (χ0v) is 12.3. The maximum absolute atomic E-state index is 11.7. The number of rotatable bonds is 6. The van der Waals surface area contributed by atoms with Crippen molar-refractivity contribution < 1.29 is 24.2 Å². The van der Waals surface area contributed by atoms with Crippen LogP contribution in [0.4, 0.5) is 5.69 Å². The van der Waals surface area contributed by atoms with Gasteiger partial charge in [-0.15, -0.1) is 0 Å². The topological polar surface area (TPSA) is 83.9 Å². The van der Waals surface area contributed by atoms with Gasteiger partial charge in [-0.05, 0) is 31.2 Å². The summed E-state index contributed by atoms with van der Waals surface area (Å²) < 4.78 is 4.87. The molecule has 0 bridgehead atoms. The molecule has 1 N–H and O–H groups in total. The summed E-state index contributed by atoms with van der Waals surface area (Å²) in [6.45, 7) is 4.98. The molecule has 6 heteroatoms. The fourth-order valence-electron chi connectivity index (χ4n) is 1.76. The van der Waals surface area contributed by atoms with E-state index in [1.165, 1.54) is 18.7 Å². The molecule has 21 heavy (non-hydrogen) atoms. The Labute approximate surface area is 123 Å². The highest BCUT2D eigenvalue weighted by Gasteiger charge is 2.20. The first kappa shape index (κ1) is 16.7. The third-order valence-corrected chi connectivity index (χ3v) is 2.95. The number of nitrogens with zero attached hydrogens (tertiary/aromatic N) is 1. The molecule has 6 nitrogen and oxygen atoms in total. The summed E-state index contributed by atoms with van der Waals surface area (Å²) in [4.78, 5) is 35.5. The molecule has 0 saturated carbocycles. The van der Waals surface area contributed by atoms with Crippen molar-refractivity contribution in [3.8, 4) is 0 Å². The van der Waals surface area contributed by atoms with Gasteiger partial charge in [-0.1, -0.05) is 6.92 Å². The average Bonchev–Trinajstić information content (AvgIpc) is 2.44. The van der Waals surface area contributed by atoms with Crippen molar-refractivity contribution in [2.24, 2.45) is 5.92 Å². The van der Waals surface area contributed by atoms with Crippen molar-refractivity contribution in [1.29, 1.82) is 0 Å². The second kappa shape index (κ2) is 7.42. The quantitative estimate of drug-likeness (QED) is 0.810. The van der Waals surface area contributed by atoms with Crippen LogP contribution in [0.2, 0.25) is 0 Å². The molecule has 0 aliphatic heterocycles. The van der Waals surface area contributed by atoms with Crippen LogP contribution in [0.15, 0.2) is 24.3 Å². The van der Waals surface area contributed by atoms with E-state index in [2.05, 4.69) is 0 Å². The van der Waals surface area contributed by atoms with E-state index >= 15 is 0 Å². The maximum atomic E-state index is 11.7. The Morgan fingerprint density at radius 3 is 2.24 bits per heavy atom. The van der Waals surface area contributed by atoms with Crippen molar-refractivity contribution in [2.75, 3.05) is 18.1 Å². The third kappa shape index (κ3) is 4.59. The number of esters is 1. The van der Waals surface area contributed by atoms with Gasteiger partial charge in [0.2, 0.25) is 5.91 Å². The highest BCUT2D eigenvalue weighted by molar-refractivity contribution is 5.94. The van der Waals surface area contributed by atoms with E-state index < -0.39 is 17.9 Å². The van der Waals surface area contributed by atoms with Crippen LogP contribution < -0.4 is 4.90 Å². The number of carbonyl (C=O) groups is 3. The second-order valence-corrected chi connectivity index (χ2v) is 4.64. The van der Waals surface area contributed by atoms with Crippen LogP contribution in [0.3, 0.4) is 0 Å². The lowest BCUT2D eigenvalue weighted by Gasteiger charge is -2.23. The molecule has 0 spiro atoms. The largest absolute Gasteiger partial charge is 0.481 e. The van der Waals surface area contributed by atoms with Crippen molar-refractivity contribution in [3.63, 3.8) is 0 Å². The summed E-state index contributed by atoms with van der Waals surface area (Å²) in [6, 6.07) is 6.30. The smallest absolute Gasteiger partial charge is 0.338 e. The minimum absolute atomic E-state index is 0.0728. The van der Waals surface area contributed by atoms with Crippen molar-refractivity contribution in [2.45, 2.75) is 20.8 Å². The standard InChI is InChI=1S/C15H19NO5/c1-4-21-15(20)12-5-7-13(8-6-12)16(11(3)17)9-10(2)14(18)19/h5-8,10H,4,9H2,1-3H3,(H,18,19). The summed E-state index contributed by atoms with van der Waals surface area (Å²) >= 11 is 0. The highest BCUT2D eigenvalue weighted by Crippen LogP contribution is 2.18. The van der Waals surface area contributed by atoms with Crippen LogP contribution in [0, 0.1) is 5.92 Å². The first-order valence-corrected chi connectivity index (χ1v) is 6.64. The van der Waals surface area contributed by atoms with Crippen molar-refractivity contribution in [1.82, 2.24) is 0 Å². The minimum atomic E-state index is -0.968. The number of carbonyl (C=O) groups excluding carboxylic acids is 2. The zero-order chi connectivity index (χ0) is 16.0. The van der Waals surface area contributed by atoms with Gasteiger partial charge in [-0.25, -0.2) is 4.79 Å². The molecule has 0 aliphatic carbocycles. The SMILES string of the molecule is CCOC(=O)c1ccc(N(CC(C)C(=O)O)C(C)=O)cc1. The Morgan fingerprint density at radius 2 is 1.81 bits per heavy atom. The summed E-state index contributed by atoms with van der Waals surface area (Å²) in [5.74, 6) is -2.34. The summed E-state index contributed by atoms with van der Waals surface area (Å²) in [5, 5.41) is 8.94. The molecule has 0 aromatic heterocycles. The molecular weight excluding hydrogens is 274 g/mol. The fraction of sp³-hybridized carbons (Fsp3) is 0.400. The van der Waals surface area contributed by atoms with E-state index in [1.807, 2.05) is 0 Å². The van der Waals surface area contributed by atoms with Crippen LogP contribution in [-0.4, -0.2) is 36.1 Å². The molecule has 0 fully saturated rings.